The van der Waals surface area contributed by atoms with E-state index in [0.717, 1.165) is 30.4 Å². The Labute approximate surface area is 124 Å². The van der Waals surface area contributed by atoms with Gasteiger partial charge in [-0.3, -0.25) is 4.79 Å². The van der Waals surface area contributed by atoms with Gasteiger partial charge >= 0.3 is 0 Å². The van der Waals surface area contributed by atoms with E-state index in [1.165, 1.54) is 0 Å². The molecule has 0 atom stereocenters. The number of fused-ring (bicyclic) bond motifs is 1. The second kappa shape index (κ2) is 6.20. The summed E-state index contributed by atoms with van der Waals surface area (Å²) in [6, 6.07) is 1.58. The SMILES string of the molecule is CCCCc1cc(=O)c2c(OC)c(C)c(OC)c(C)c2o1. The first-order valence-electron chi connectivity index (χ1n) is 7.23. The molecule has 2 rings (SSSR count). The molecular weight excluding hydrogens is 268 g/mol. The Bertz CT molecular complexity index is 713. The molecule has 0 aliphatic rings. The minimum absolute atomic E-state index is 0.0620. The first kappa shape index (κ1) is 15.4. The van der Waals surface area contributed by atoms with E-state index in [1.807, 2.05) is 13.8 Å². The van der Waals surface area contributed by atoms with Crippen molar-refractivity contribution in [2.24, 2.45) is 0 Å². The molecule has 0 unspecified atom stereocenters. The van der Waals surface area contributed by atoms with Crippen molar-refractivity contribution >= 4 is 11.0 Å². The highest BCUT2D eigenvalue weighted by molar-refractivity contribution is 5.90. The minimum Gasteiger partial charge on any atom is -0.496 e. The Hall–Kier alpha value is -1.97. The third-order valence-corrected chi connectivity index (χ3v) is 3.77. The van der Waals surface area contributed by atoms with E-state index in [9.17, 15) is 4.79 Å². The van der Waals surface area contributed by atoms with Gasteiger partial charge in [0.2, 0.25) is 0 Å². The van der Waals surface area contributed by atoms with Crippen LogP contribution >= 0.6 is 0 Å². The standard InChI is InChI=1S/C17H22O4/c1-6-7-8-12-9-13(18)14-16(20-5)10(2)15(19-4)11(3)17(14)21-12/h9H,6-8H2,1-5H3. The number of aryl methyl sites for hydroxylation is 2. The molecule has 114 valence electrons. The predicted octanol–water partition coefficient (Wildman–Crippen LogP) is 3.77. The van der Waals surface area contributed by atoms with E-state index in [1.54, 1.807) is 20.3 Å². The van der Waals surface area contributed by atoms with Gasteiger partial charge in [0, 0.05) is 23.6 Å². The van der Waals surface area contributed by atoms with E-state index in [4.69, 9.17) is 13.9 Å². The number of methoxy groups -OCH3 is 2. The van der Waals surface area contributed by atoms with Gasteiger partial charge in [0.05, 0.1) is 14.2 Å². The predicted molar refractivity (Wildman–Crippen MR) is 83.7 cm³/mol. The van der Waals surface area contributed by atoms with Crippen LogP contribution in [0.25, 0.3) is 11.0 Å². The van der Waals surface area contributed by atoms with Gasteiger partial charge in [-0.1, -0.05) is 13.3 Å². The maximum Gasteiger partial charge on any atom is 0.196 e. The number of hydrogen-bond acceptors (Lipinski definition) is 4. The van der Waals surface area contributed by atoms with Gasteiger partial charge in [-0.25, -0.2) is 0 Å². The molecule has 1 aromatic heterocycles. The Morgan fingerprint density at radius 1 is 1.10 bits per heavy atom. The van der Waals surface area contributed by atoms with Crippen LogP contribution in [0.2, 0.25) is 0 Å². The third-order valence-electron chi connectivity index (χ3n) is 3.77. The lowest BCUT2D eigenvalue weighted by atomic mass is 10.0. The first-order chi connectivity index (χ1) is 10.0. The van der Waals surface area contributed by atoms with Crippen molar-refractivity contribution < 1.29 is 13.9 Å². The molecule has 0 amide bonds. The van der Waals surface area contributed by atoms with E-state index in [-0.39, 0.29) is 5.43 Å². The average Bonchev–Trinajstić information content (AvgIpc) is 2.47. The molecule has 0 saturated heterocycles. The molecule has 0 aliphatic carbocycles. The molecule has 4 nitrogen and oxygen atoms in total. The molecule has 4 heteroatoms. The van der Waals surface area contributed by atoms with Crippen molar-refractivity contribution in [3.63, 3.8) is 0 Å². The lowest BCUT2D eigenvalue weighted by molar-refractivity contribution is 0.387. The summed E-state index contributed by atoms with van der Waals surface area (Å²) in [6.45, 7) is 5.90. The number of benzene rings is 1. The summed E-state index contributed by atoms with van der Waals surface area (Å²) in [5.41, 5.74) is 2.15. The van der Waals surface area contributed by atoms with E-state index < -0.39 is 0 Å². The molecule has 0 radical (unpaired) electrons. The summed E-state index contributed by atoms with van der Waals surface area (Å²) < 4.78 is 16.8. The van der Waals surface area contributed by atoms with E-state index in [0.29, 0.717) is 28.2 Å². The molecule has 0 bridgehead atoms. The summed E-state index contributed by atoms with van der Waals surface area (Å²) in [7, 11) is 3.17. The van der Waals surface area contributed by atoms with Gasteiger partial charge in [-0.15, -0.1) is 0 Å². The molecule has 21 heavy (non-hydrogen) atoms. The highest BCUT2D eigenvalue weighted by atomic mass is 16.5. The second-order valence-corrected chi connectivity index (χ2v) is 5.20. The maximum absolute atomic E-state index is 12.5. The van der Waals surface area contributed by atoms with Crippen LogP contribution in [0.4, 0.5) is 0 Å². The van der Waals surface area contributed by atoms with Gasteiger partial charge in [-0.05, 0) is 20.3 Å². The zero-order valence-corrected chi connectivity index (χ0v) is 13.3. The van der Waals surface area contributed by atoms with Crippen LogP contribution in [-0.2, 0) is 6.42 Å². The van der Waals surface area contributed by atoms with E-state index >= 15 is 0 Å². The molecule has 0 spiro atoms. The smallest absolute Gasteiger partial charge is 0.196 e. The Balaban J connectivity index is 2.82. The molecule has 1 heterocycles. The summed E-state index contributed by atoms with van der Waals surface area (Å²) in [5, 5.41) is 0.494. The molecule has 0 N–H and O–H groups in total. The van der Waals surface area contributed by atoms with E-state index in [2.05, 4.69) is 6.92 Å². The van der Waals surface area contributed by atoms with Crippen molar-refractivity contribution in [1.29, 1.82) is 0 Å². The van der Waals surface area contributed by atoms with Crippen molar-refractivity contribution in [3.8, 4) is 11.5 Å². The summed E-state index contributed by atoms with van der Waals surface area (Å²) in [5.74, 6) is 1.95. The van der Waals surface area contributed by atoms with Crippen LogP contribution < -0.4 is 14.9 Å². The topological polar surface area (TPSA) is 48.7 Å². The monoisotopic (exact) mass is 290 g/mol. The molecule has 2 aromatic rings. The normalized spacial score (nSPS) is 10.9. The van der Waals surface area contributed by atoms with Gasteiger partial charge in [-0.2, -0.15) is 0 Å². The molecule has 1 aromatic carbocycles. The number of hydrogen-bond donors (Lipinski definition) is 0. The molecule has 0 saturated carbocycles. The second-order valence-electron chi connectivity index (χ2n) is 5.20. The fourth-order valence-corrected chi connectivity index (χ4v) is 2.73. The zero-order chi connectivity index (χ0) is 15.6. The molecule has 0 fully saturated rings. The number of ether oxygens (including phenoxy) is 2. The number of rotatable bonds is 5. The Morgan fingerprint density at radius 2 is 1.76 bits per heavy atom. The molecular formula is C17H22O4. The van der Waals surface area contributed by atoms with Crippen LogP contribution in [0.3, 0.4) is 0 Å². The fraction of sp³-hybridized carbons (Fsp3) is 0.471. The lowest BCUT2D eigenvalue weighted by Gasteiger charge is -2.16. The third kappa shape index (κ3) is 2.62. The fourth-order valence-electron chi connectivity index (χ4n) is 2.73. The van der Waals surface area contributed by atoms with Gasteiger partial charge in [0.1, 0.15) is 28.2 Å². The Morgan fingerprint density at radius 3 is 2.33 bits per heavy atom. The van der Waals surface area contributed by atoms with Gasteiger partial charge in [0.15, 0.2) is 5.43 Å². The lowest BCUT2D eigenvalue weighted by Crippen LogP contribution is -2.07. The quantitative estimate of drug-likeness (QED) is 0.841. The van der Waals surface area contributed by atoms with Crippen LogP contribution in [0.15, 0.2) is 15.3 Å². The van der Waals surface area contributed by atoms with Crippen molar-refractivity contribution in [2.75, 3.05) is 14.2 Å². The highest BCUT2D eigenvalue weighted by Crippen LogP contribution is 2.38. The zero-order valence-electron chi connectivity index (χ0n) is 13.3. The average molecular weight is 290 g/mol. The van der Waals surface area contributed by atoms with Crippen molar-refractivity contribution in [1.82, 2.24) is 0 Å². The van der Waals surface area contributed by atoms with Crippen LogP contribution in [0.1, 0.15) is 36.7 Å². The van der Waals surface area contributed by atoms with Crippen LogP contribution in [0.5, 0.6) is 11.5 Å². The molecule has 0 aliphatic heterocycles. The van der Waals surface area contributed by atoms with Gasteiger partial charge < -0.3 is 13.9 Å². The largest absolute Gasteiger partial charge is 0.496 e. The van der Waals surface area contributed by atoms with Crippen LogP contribution in [0, 0.1) is 13.8 Å². The maximum atomic E-state index is 12.5. The first-order valence-corrected chi connectivity index (χ1v) is 7.23. The summed E-state index contributed by atoms with van der Waals surface area (Å²) >= 11 is 0. The van der Waals surface area contributed by atoms with Gasteiger partial charge in [0.25, 0.3) is 0 Å². The van der Waals surface area contributed by atoms with Crippen LogP contribution in [-0.4, -0.2) is 14.2 Å². The summed E-state index contributed by atoms with van der Waals surface area (Å²) in [6.07, 6.45) is 2.81. The minimum atomic E-state index is -0.0620. The highest BCUT2D eigenvalue weighted by Gasteiger charge is 2.20. The Kier molecular flexibility index (Phi) is 4.56. The van der Waals surface area contributed by atoms with Crippen molar-refractivity contribution in [2.45, 2.75) is 40.0 Å². The number of unbranched alkanes of at least 4 members (excludes halogenated alkanes) is 1. The summed E-state index contributed by atoms with van der Waals surface area (Å²) in [4.78, 5) is 12.5. The van der Waals surface area contributed by atoms with Crippen molar-refractivity contribution in [3.05, 3.63) is 33.2 Å².